The van der Waals surface area contributed by atoms with Crippen molar-refractivity contribution in [1.82, 2.24) is 10.2 Å². The first-order valence-corrected chi connectivity index (χ1v) is 9.43. The lowest BCUT2D eigenvalue weighted by Gasteiger charge is -2.17. The van der Waals surface area contributed by atoms with Crippen molar-refractivity contribution < 1.29 is 9.47 Å². The average Bonchev–Trinajstić information content (AvgIpc) is 3.42. The van der Waals surface area contributed by atoms with Gasteiger partial charge in [0.25, 0.3) is 0 Å². The fourth-order valence-corrected chi connectivity index (χ4v) is 3.60. The minimum Gasteiger partial charge on any atom is -0.490 e. The molecule has 144 valence electrons. The van der Waals surface area contributed by atoms with Gasteiger partial charge in [0.05, 0.1) is 13.2 Å². The van der Waals surface area contributed by atoms with E-state index in [1.165, 1.54) is 32.4 Å². The standard InChI is InChI=1S/C19H28N4O2.HI/c1-20-19(21-12-14-7-8-23(13-14)16-4-5-16)22-15-3-6-17-18(11-15)25-10-2-9-24-17;/h3,6,11,14,16H,2,4-5,7-10,12-13H2,1H3,(H2,20,21,22);1H. The molecule has 0 bridgehead atoms. The lowest BCUT2D eigenvalue weighted by Crippen LogP contribution is -2.35. The predicted octanol–water partition coefficient (Wildman–Crippen LogP) is 2.94. The van der Waals surface area contributed by atoms with Crippen LogP contribution in [0.15, 0.2) is 23.2 Å². The van der Waals surface area contributed by atoms with Crippen LogP contribution in [0.1, 0.15) is 25.7 Å². The molecule has 0 aromatic heterocycles. The minimum atomic E-state index is 0. The summed E-state index contributed by atoms with van der Waals surface area (Å²) in [5.74, 6) is 3.13. The van der Waals surface area contributed by atoms with Crippen LogP contribution in [0.2, 0.25) is 0 Å². The molecule has 7 heteroatoms. The zero-order valence-corrected chi connectivity index (χ0v) is 17.7. The summed E-state index contributed by atoms with van der Waals surface area (Å²) in [6.07, 6.45) is 4.99. The summed E-state index contributed by atoms with van der Waals surface area (Å²) in [6.45, 7) is 4.85. The van der Waals surface area contributed by atoms with Gasteiger partial charge in [0.2, 0.25) is 0 Å². The van der Waals surface area contributed by atoms with Crippen molar-refractivity contribution in [2.24, 2.45) is 10.9 Å². The van der Waals surface area contributed by atoms with E-state index in [4.69, 9.17) is 9.47 Å². The number of rotatable bonds is 4. The molecular weight excluding hydrogens is 443 g/mol. The molecule has 2 heterocycles. The third-order valence-corrected chi connectivity index (χ3v) is 5.17. The molecule has 0 amide bonds. The molecule has 0 spiro atoms. The Bertz CT molecular complexity index is 636. The summed E-state index contributed by atoms with van der Waals surface area (Å²) in [7, 11) is 1.81. The van der Waals surface area contributed by atoms with Gasteiger partial charge in [-0.1, -0.05) is 0 Å². The summed E-state index contributed by atoms with van der Waals surface area (Å²) >= 11 is 0. The van der Waals surface area contributed by atoms with E-state index >= 15 is 0 Å². The largest absolute Gasteiger partial charge is 0.490 e. The molecule has 2 fully saturated rings. The first-order valence-electron chi connectivity index (χ1n) is 9.43. The van der Waals surface area contributed by atoms with Gasteiger partial charge in [0, 0.05) is 44.4 Å². The van der Waals surface area contributed by atoms with E-state index in [0.29, 0.717) is 19.1 Å². The molecule has 6 nitrogen and oxygen atoms in total. The zero-order chi connectivity index (χ0) is 17.1. The molecule has 1 aromatic carbocycles. The number of fused-ring (bicyclic) bond motifs is 1. The van der Waals surface area contributed by atoms with Crippen LogP contribution >= 0.6 is 24.0 Å². The first-order chi connectivity index (χ1) is 12.3. The molecule has 1 unspecified atom stereocenters. The van der Waals surface area contributed by atoms with Crippen molar-refractivity contribution in [1.29, 1.82) is 0 Å². The Hall–Kier alpha value is -1.22. The van der Waals surface area contributed by atoms with Gasteiger partial charge in [0.15, 0.2) is 17.5 Å². The number of anilines is 1. The van der Waals surface area contributed by atoms with Crippen molar-refractivity contribution in [3.8, 4) is 11.5 Å². The number of nitrogens with one attached hydrogen (secondary N) is 2. The highest BCUT2D eigenvalue weighted by atomic mass is 127. The monoisotopic (exact) mass is 472 g/mol. The number of guanidine groups is 1. The Morgan fingerprint density at radius 2 is 2.00 bits per heavy atom. The molecular formula is C19H29IN4O2. The van der Waals surface area contributed by atoms with E-state index in [-0.39, 0.29) is 24.0 Å². The predicted molar refractivity (Wildman–Crippen MR) is 115 cm³/mol. The number of benzene rings is 1. The Morgan fingerprint density at radius 3 is 2.77 bits per heavy atom. The molecule has 2 aliphatic heterocycles. The number of halogens is 1. The van der Waals surface area contributed by atoms with Gasteiger partial charge < -0.3 is 25.0 Å². The second-order valence-electron chi connectivity index (χ2n) is 7.17. The Balaban J connectivity index is 0.00000196. The van der Waals surface area contributed by atoms with Gasteiger partial charge in [-0.15, -0.1) is 24.0 Å². The van der Waals surface area contributed by atoms with Crippen molar-refractivity contribution in [3.63, 3.8) is 0 Å². The molecule has 1 atom stereocenters. The second kappa shape index (κ2) is 9.12. The summed E-state index contributed by atoms with van der Waals surface area (Å²) in [6, 6.07) is 6.83. The topological polar surface area (TPSA) is 58.1 Å². The lowest BCUT2D eigenvalue weighted by molar-refractivity contribution is 0.297. The lowest BCUT2D eigenvalue weighted by atomic mass is 10.1. The van der Waals surface area contributed by atoms with Crippen molar-refractivity contribution in [2.75, 3.05) is 45.2 Å². The van der Waals surface area contributed by atoms with E-state index in [0.717, 1.165) is 42.2 Å². The molecule has 4 rings (SSSR count). The SMILES string of the molecule is CN=C(NCC1CCN(C2CC2)C1)Nc1ccc2c(c1)OCCCO2.I. The van der Waals surface area contributed by atoms with Gasteiger partial charge in [0.1, 0.15) is 0 Å². The van der Waals surface area contributed by atoms with Crippen LogP contribution in [0.25, 0.3) is 0 Å². The summed E-state index contributed by atoms with van der Waals surface area (Å²) in [5.41, 5.74) is 0.961. The van der Waals surface area contributed by atoms with E-state index in [2.05, 4.69) is 20.5 Å². The maximum Gasteiger partial charge on any atom is 0.195 e. The van der Waals surface area contributed by atoms with E-state index in [1.54, 1.807) is 0 Å². The van der Waals surface area contributed by atoms with Crippen LogP contribution in [0.5, 0.6) is 11.5 Å². The molecule has 1 aliphatic carbocycles. The number of hydrogen-bond acceptors (Lipinski definition) is 4. The summed E-state index contributed by atoms with van der Waals surface area (Å²) in [4.78, 5) is 7.00. The molecule has 1 aromatic rings. The Kier molecular flexibility index (Phi) is 6.86. The number of hydrogen-bond donors (Lipinski definition) is 2. The number of nitrogens with zero attached hydrogens (tertiary/aromatic N) is 2. The summed E-state index contributed by atoms with van der Waals surface area (Å²) < 4.78 is 11.4. The van der Waals surface area contributed by atoms with Crippen LogP contribution in [0, 0.1) is 5.92 Å². The van der Waals surface area contributed by atoms with E-state index in [9.17, 15) is 0 Å². The maximum absolute atomic E-state index is 5.75. The number of likely N-dealkylation sites (tertiary alicyclic amines) is 1. The van der Waals surface area contributed by atoms with Crippen LogP contribution < -0.4 is 20.1 Å². The third-order valence-electron chi connectivity index (χ3n) is 5.17. The minimum absolute atomic E-state index is 0. The Morgan fingerprint density at radius 1 is 1.19 bits per heavy atom. The highest BCUT2D eigenvalue weighted by Gasteiger charge is 2.34. The molecule has 2 N–H and O–H groups in total. The maximum atomic E-state index is 5.75. The fourth-order valence-electron chi connectivity index (χ4n) is 3.60. The number of aliphatic imine (C=N–C) groups is 1. The van der Waals surface area contributed by atoms with Crippen LogP contribution in [-0.4, -0.2) is 56.8 Å². The summed E-state index contributed by atoms with van der Waals surface area (Å²) in [5, 5.41) is 6.83. The molecule has 0 radical (unpaired) electrons. The Labute approximate surface area is 172 Å². The van der Waals surface area contributed by atoms with Crippen molar-refractivity contribution in [3.05, 3.63) is 18.2 Å². The zero-order valence-electron chi connectivity index (χ0n) is 15.4. The van der Waals surface area contributed by atoms with Gasteiger partial charge in [-0.05, 0) is 43.9 Å². The molecule has 1 saturated carbocycles. The van der Waals surface area contributed by atoms with Gasteiger partial charge in [-0.25, -0.2) is 0 Å². The highest BCUT2D eigenvalue weighted by Crippen LogP contribution is 2.33. The van der Waals surface area contributed by atoms with Gasteiger partial charge in [-0.3, -0.25) is 4.99 Å². The average molecular weight is 472 g/mol. The quantitative estimate of drug-likeness (QED) is 0.401. The van der Waals surface area contributed by atoms with Crippen molar-refractivity contribution >= 4 is 35.6 Å². The van der Waals surface area contributed by atoms with E-state index in [1.807, 2.05) is 25.2 Å². The first kappa shape index (κ1) is 19.5. The normalized spacial score (nSPS) is 23.1. The van der Waals surface area contributed by atoms with Crippen LogP contribution in [0.3, 0.4) is 0 Å². The van der Waals surface area contributed by atoms with Crippen molar-refractivity contribution in [2.45, 2.75) is 31.7 Å². The smallest absolute Gasteiger partial charge is 0.195 e. The van der Waals surface area contributed by atoms with Crippen LogP contribution in [-0.2, 0) is 0 Å². The third kappa shape index (κ3) is 4.94. The molecule has 1 saturated heterocycles. The van der Waals surface area contributed by atoms with E-state index < -0.39 is 0 Å². The molecule has 26 heavy (non-hydrogen) atoms. The fraction of sp³-hybridized carbons (Fsp3) is 0.632. The van der Waals surface area contributed by atoms with Crippen LogP contribution in [0.4, 0.5) is 5.69 Å². The van der Waals surface area contributed by atoms with Gasteiger partial charge >= 0.3 is 0 Å². The van der Waals surface area contributed by atoms with Gasteiger partial charge in [-0.2, -0.15) is 0 Å². The number of ether oxygens (including phenoxy) is 2. The highest BCUT2D eigenvalue weighted by molar-refractivity contribution is 14.0. The molecule has 3 aliphatic rings. The second-order valence-corrected chi connectivity index (χ2v) is 7.17.